The van der Waals surface area contributed by atoms with Crippen LogP contribution >= 0.6 is 0 Å². The molecule has 0 aliphatic heterocycles. The SMILES string of the molecule is COc1ccc(C)cc1NC(=O)[C@H](NCCC1=CCCCC1)c1ccccc1. The number of rotatable bonds is 8. The molecule has 0 heterocycles. The highest BCUT2D eigenvalue weighted by Gasteiger charge is 2.21. The summed E-state index contributed by atoms with van der Waals surface area (Å²) < 4.78 is 5.40. The molecule has 0 unspecified atom stereocenters. The number of anilines is 1. The Kier molecular flexibility index (Phi) is 7.26. The van der Waals surface area contributed by atoms with E-state index in [0.29, 0.717) is 11.4 Å². The molecule has 1 aliphatic rings. The minimum Gasteiger partial charge on any atom is -0.495 e. The van der Waals surface area contributed by atoms with Crippen LogP contribution < -0.4 is 15.4 Å². The molecular formula is C24H30N2O2. The Bertz CT molecular complexity index is 815. The Balaban J connectivity index is 1.72. The molecule has 1 amide bonds. The summed E-state index contributed by atoms with van der Waals surface area (Å²) in [5, 5.41) is 6.51. The number of ether oxygens (including phenoxy) is 1. The predicted molar refractivity (Wildman–Crippen MR) is 115 cm³/mol. The molecule has 0 saturated carbocycles. The molecule has 0 aromatic heterocycles. The van der Waals surface area contributed by atoms with Crippen molar-refractivity contribution in [3.8, 4) is 5.75 Å². The van der Waals surface area contributed by atoms with Crippen LogP contribution in [0.15, 0.2) is 60.2 Å². The topological polar surface area (TPSA) is 50.4 Å². The van der Waals surface area contributed by atoms with E-state index < -0.39 is 6.04 Å². The van der Waals surface area contributed by atoms with Gasteiger partial charge in [-0.2, -0.15) is 0 Å². The van der Waals surface area contributed by atoms with Gasteiger partial charge in [0.2, 0.25) is 5.91 Å². The zero-order valence-corrected chi connectivity index (χ0v) is 16.8. The van der Waals surface area contributed by atoms with Crippen LogP contribution in [0.3, 0.4) is 0 Å². The maximum atomic E-state index is 13.1. The average molecular weight is 379 g/mol. The van der Waals surface area contributed by atoms with Crippen LogP contribution in [0, 0.1) is 6.92 Å². The molecule has 0 spiro atoms. The van der Waals surface area contributed by atoms with E-state index in [4.69, 9.17) is 4.74 Å². The van der Waals surface area contributed by atoms with Gasteiger partial charge in [0.15, 0.2) is 0 Å². The van der Waals surface area contributed by atoms with Gasteiger partial charge >= 0.3 is 0 Å². The summed E-state index contributed by atoms with van der Waals surface area (Å²) in [5.74, 6) is 0.589. The molecule has 28 heavy (non-hydrogen) atoms. The van der Waals surface area contributed by atoms with Crippen LogP contribution in [0.1, 0.15) is 49.3 Å². The molecule has 1 aliphatic carbocycles. The summed E-state index contributed by atoms with van der Waals surface area (Å²) in [6.07, 6.45) is 8.30. The maximum absolute atomic E-state index is 13.1. The fraction of sp³-hybridized carbons (Fsp3) is 0.375. The van der Waals surface area contributed by atoms with Gasteiger partial charge in [-0.1, -0.05) is 48.0 Å². The molecule has 0 radical (unpaired) electrons. The Morgan fingerprint density at radius 3 is 2.68 bits per heavy atom. The second kappa shape index (κ2) is 10.1. The lowest BCUT2D eigenvalue weighted by Gasteiger charge is -2.21. The number of hydrogen-bond donors (Lipinski definition) is 2. The standard InChI is InChI=1S/C24H30N2O2/c1-18-13-14-22(28-2)21(17-18)26-24(27)23(20-11-7-4-8-12-20)25-16-15-19-9-5-3-6-10-19/h4,7-9,11-14,17,23,25H,3,5-6,10,15-16H2,1-2H3,(H,26,27)/t23-/m1/s1. The Hall–Kier alpha value is -2.59. The summed E-state index contributed by atoms with van der Waals surface area (Å²) in [6, 6.07) is 15.3. The Labute approximate surface area is 168 Å². The minimum atomic E-state index is -0.407. The molecule has 4 nitrogen and oxygen atoms in total. The van der Waals surface area contributed by atoms with Gasteiger partial charge in [0.25, 0.3) is 0 Å². The highest BCUT2D eigenvalue weighted by molar-refractivity contribution is 5.96. The van der Waals surface area contributed by atoms with Crippen molar-refractivity contribution in [3.63, 3.8) is 0 Å². The Morgan fingerprint density at radius 2 is 1.96 bits per heavy atom. The first-order valence-corrected chi connectivity index (χ1v) is 10.1. The van der Waals surface area contributed by atoms with Crippen LogP contribution in [0.2, 0.25) is 0 Å². The van der Waals surface area contributed by atoms with Gasteiger partial charge in [-0.15, -0.1) is 0 Å². The lowest BCUT2D eigenvalue weighted by atomic mass is 9.97. The summed E-state index contributed by atoms with van der Waals surface area (Å²) in [7, 11) is 1.62. The number of benzene rings is 2. The largest absolute Gasteiger partial charge is 0.495 e. The lowest BCUT2D eigenvalue weighted by molar-refractivity contribution is -0.118. The third kappa shape index (κ3) is 5.46. The van der Waals surface area contributed by atoms with Crippen molar-refractivity contribution >= 4 is 11.6 Å². The highest BCUT2D eigenvalue weighted by atomic mass is 16.5. The van der Waals surface area contributed by atoms with Crippen LogP contribution in [-0.2, 0) is 4.79 Å². The zero-order valence-electron chi connectivity index (χ0n) is 16.8. The third-order valence-corrected chi connectivity index (χ3v) is 5.19. The molecule has 2 N–H and O–H groups in total. The lowest BCUT2D eigenvalue weighted by Crippen LogP contribution is -2.34. The van der Waals surface area contributed by atoms with Crippen LogP contribution in [-0.4, -0.2) is 19.6 Å². The van der Waals surface area contributed by atoms with Gasteiger partial charge in [0, 0.05) is 0 Å². The Morgan fingerprint density at radius 1 is 1.14 bits per heavy atom. The zero-order chi connectivity index (χ0) is 19.8. The van der Waals surface area contributed by atoms with Gasteiger partial charge in [-0.25, -0.2) is 0 Å². The van der Waals surface area contributed by atoms with Crippen molar-refractivity contribution in [2.24, 2.45) is 0 Å². The number of carbonyl (C=O) groups excluding carboxylic acids is 1. The van der Waals surface area contributed by atoms with Crippen LogP contribution in [0.4, 0.5) is 5.69 Å². The van der Waals surface area contributed by atoms with E-state index >= 15 is 0 Å². The third-order valence-electron chi connectivity index (χ3n) is 5.19. The van der Waals surface area contributed by atoms with Crippen LogP contribution in [0.25, 0.3) is 0 Å². The summed E-state index contributed by atoms with van der Waals surface area (Å²) in [5.41, 5.74) is 4.24. The van der Waals surface area contributed by atoms with Crippen molar-refractivity contribution in [2.45, 2.75) is 45.1 Å². The number of methoxy groups -OCH3 is 1. The molecule has 0 saturated heterocycles. The smallest absolute Gasteiger partial charge is 0.246 e. The molecule has 2 aromatic carbocycles. The van der Waals surface area contributed by atoms with E-state index in [-0.39, 0.29) is 5.91 Å². The number of aryl methyl sites for hydroxylation is 1. The highest BCUT2D eigenvalue weighted by Crippen LogP contribution is 2.27. The first kappa shape index (κ1) is 20.2. The summed E-state index contributed by atoms with van der Waals surface area (Å²) in [4.78, 5) is 13.1. The second-order valence-electron chi connectivity index (χ2n) is 7.35. The van der Waals surface area contributed by atoms with Gasteiger partial charge in [-0.05, 0) is 68.8 Å². The van der Waals surface area contributed by atoms with E-state index in [9.17, 15) is 4.79 Å². The monoisotopic (exact) mass is 378 g/mol. The molecule has 2 aromatic rings. The average Bonchev–Trinajstić information content (AvgIpc) is 2.73. The van der Waals surface area contributed by atoms with Crippen LogP contribution in [0.5, 0.6) is 5.75 Å². The van der Waals surface area contributed by atoms with E-state index in [0.717, 1.165) is 24.1 Å². The fourth-order valence-corrected chi connectivity index (χ4v) is 3.64. The maximum Gasteiger partial charge on any atom is 0.246 e. The normalized spacial score (nSPS) is 14.9. The number of allylic oxidation sites excluding steroid dienone is 1. The van der Waals surface area contributed by atoms with Crippen molar-refractivity contribution in [1.82, 2.24) is 5.32 Å². The van der Waals surface area contributed by atoms with Crippen molar-refractivity contribution < 1.29 is 9.53 Å². The van der Waals surface area contributed by atoms with Gasteiger partial charge in [0.05, 0.1) is 12.8 Å². The summed E-state index contributed by atoms with van der Waals surface area (Å²) in [6.45, 7) is 2.78. The van der Waals surface area contributed by atoms with E-state index in [1.165, 1.54) is 31.3 Å². The van der Waals surface area contributed by atoms with Gasteiger partial charge in [-0.3, -0.25) is 4.79 Å². The van der Waals surface area contributed by atoms with E-state index in [1.807, 2.05) is 55.5 Å². The first-order valence-electron chi connectivity index (χ1n) is 10.1. The number of amides is 1. The van der Waals surface area contributed by atoms with Crippen molar-refractivity contribution in [2.75, 3.05) is 19.0 Å². The van der Waals surface area contributed by atoms with E-state index in [2.05, 4.69) is 16.7 Å². The molecule has 1 atom stereocenters. The summed E-state index contributed by atoms with van der Waals surface area (Å²) >= 11 is 0. The molecule has 3 rings (SSSR count). The second-order valence-corrected chi connectivity index (χ2v) is 7.35. The minimum absolute atomic E-state index is 0.0762. The molecular weight excluding hydrogens is 348 g/mol. The fourth-order valence-electron chi connectivity index (χ4n) is 3.64. The predicted octanol–water partition coefficient (Wildman–Crippen LogP) is 5.16. The van der Waals surface area contributed by atoms with Gasteiger partial charge < -0.3 is 15.4 Å². The number of carbonyl (C=O) groups is 1. The number of hydrogen-bond acceptors (Lipinski definition) is 3. The molecule has 4 heteroatoms. The number of nitrogens with one attached hydrogen (secondary N) is 2. The first-order chi connectivity index (χ1) is 13.7. The molecule has 0 bridgehead atoms. The van der Waals surface area contributed by atoms with Gasteiger partial charge in [0.1, 0.15) is 11.8 Å². The molecule has 0 fully saturated rings. The van der Waals surface area contributed by atoms with Crippen molar-refractivity contribution in [1.29, 1.82) is 0 Å². The molecule has 148 valence electrons. The quantitative estimate of drug-likeness (QED) is 0.624. The van der Waals surface area contributed by atoms with E-state index in [1.54, 1.807) is 7.11 Å². The van der Waals surface area contributed by atoms with Crippen molar-refractivity contribution in [3.05, 3.63) is 71.3 Å².